The zero-order valence-electron chi connectivity index (χ0n) is 18.2. The molecule has 1 heterocycles. The second kappa shape index (κ2) is 9.67. The number of aryl methyl sites for hydroxylation is 1. The fourth-order valence-electron chi connectivity index (χ4n) is 3.65. The van der Waals surface area contributed by atoms with E-state index in [0.29, 0.717) is 28.4 Å². The Labute approximate surface area is 196 Å². The first-order chi connectivity index (χ1) is 16.0. The van der Waals surface area contributed by atoms with E-state index in [2.05, 4.69) is 10.6 Å². The van der Waals surface area contributed by atoms with E-state index in [1.807, 2.05) is 49.4 Å². The molecule has 7 nitrogen and oxygen atoms in total. The van der Waals surface area contributed by atoms with Crippen molar-refractivity contribution in [2.45, 2.75) is 12.3 Å². The van der Waals surface area contributed by atoms with Crippen molar-refractivity contribution in [1.29, 1.82) is 5.26 Å². The molecule has 4 rings (SSSR count). The SMILES string of the molecule is COc1ccc(C)cc1N1C(=O)CSC1c1cccc(NC(=O)Nc2cccc(C#N)c2)c1. The van der Waals surface area contributed by atoms with E-state index in [1.54, 1.807) is 42.3 Å². The summed E-state index contributed by atoms with van der Waals surface area (Å²) < 4.78 is 5.51. The molecule has 166 valence electrons. The Hall–Kier alpha value is -3.96. The smallest absolute Gasteiger partial charge is 0.323 e. The van der Waals surface area contributed by atoms with Crippen LogP contribution >= 0.6 is 11.8 Å². The fourth-order valence-corrected chi connectivity index (χ4v) is 4.81. The zero-order chi connectivity index (χ0) is 23.4. The van der Waals surface area contributed by atoms with Crippen LogP contribution in [0.4, 0.5) is 21.9 Å². The molecule has 3 aromatic rings. The topological polar surface area (TPSA) is 94.5 Å². The van der Waals surface area contributed by atoms with Crippen LogP contribution in [0.15, 0.2) is 66.7 Å². The van der Waals surface area contributed by atoms with E-state index in [-0.39, 0.29) is 11.3 Å². The highest BCUT2D eigenvalue weighted by Gasteiger charge is 2.35. The summed E-state index contributed by atoms with van der Waals surface area (Å²) >= 11 is 1.53. The summed E-state index contributed by atoms with van der Waals surface area (Å²) in [4.78, 5) is 27.0. The molecule has 33 heavy (non-hydrogen) atoms. The summed E-state index contributed by atoms with van der Waals surface area (Å²) in [7, 11) is 1.59. The molecule has 1 atom stereocenters. The van der Waals surface area contributed by atoms with Crippen LogP contribution in [0.5, 0.6) is 5.75 Å². The molecule has 1 aliphatic rings. The zero-order valence-corrected chi connectivity index (χ0v) is 19.0. The minimum Gasteiger partial charge on any atom is -0.495 e. The van der Waals surface area contributed by atoms with Crippen molar-refractivity contribution in [3.05, 3.63) is 83.4 Å². The Bertz CT molecular complexity index is 1250. The number of hydrogen-bond donors (Lipinski definition) is 2. The van der Waals surface area contributed by atoms with Crippen molar-refractivity contribution in [2.24, 2.45) is 0 Å². The molecule has 1 unspecified atom stereocenters. The Kier molecular flexibility index (Phi) is 6.52. The van der Waals surface area contributed by atoms with Gasteiger partial charge in [-0.2, -0.15) is 5.26 Å². The summed E-state index contributed by atoms with van der Waals surface area (Å²) in [5.41, 5.74) is 4.23. The molecule has 1 aliphatic heterocycles. The van der Waals surface area contributed by atoms with Gasteiger partial charge in [-0.1, -0.05) is 24.3 Å². The van der Waals surface area contributed by atoms with E-state index < -0.39 is 6.03 Å². The van der Waals surface area contributed by atoms with Crippen molar-refractivity contribution < 1.29 is 14.3 Å². The minimum atomic E-state index is -0.422. The van der Waals surface area contributed by atoms with E-state index in [4.69, 9.17) is 10.00 Å². The quantitative estimate of drug-likeness (QED) is 0.541. The van der Waals surface area contributed by atoms with Gasteiger partial charge < -0.3 is 15.4 Å². The second-order valence-electron chi connectivity index (χ2n) is 7.50. The van der Waals surface area contributed by atoms with Crippen LogP contribution in [-0.2, 0) is 4.79 Å². The number of urea groups is 1. The number of hydrogen-bond acceptors (Lipinski definition) is 5. The van der Waals surface area contributed by atoms with Gasteiger partial charge in [0.2, 0.25) is 5.91 Å². The maximum atomic E-state index is 12.8. The Morgan fingerprint density at radius 2 is 1.82 bits per heavy atom. The van der Waals surface area contributed by atoms with Gasteiger partial charge in [-0.3, -0.25) is 9.69 Å². The number of nitrogens with zero attached hydrogens (tertiary/aromatic N) is 2. The molecular weight excluding hydrogens is 436 g/mol. The lowest BCUT2D eigenvalue weighted by atomic mass is 10.1. The van der Waals surface area contributed by atoms with Crippen LogP contribution in [0.25, 0.3) is 0 Å². The molecule has 0 bridgehead atoms. The van der Waals surface area contributed by atoms with Gasteiger partial charge in [-0.25, -0.2) is 4.79 Å². The summed E-state index contributed by atoms with van der Waals surface area (Å²) in [6.45, 7) is 1.97. The van der Waals surface area contributed by atoms with E-state index in [9.17, 15) is 9.59 Å². The highest BCUT2D eigenvalue weighted by atomic mass is 32.2. The average Bonchev–Trinajstić information content (AvgIpc) is 3.20. The lowest BCUT2D eigenvalue weighted by Crippen LogP contribution is -2.28. The minimum absolute atomic E-state index is 0.00220. The lowest BCUT2D eigenvalue weighted by molar-refractivity contribution is -0.115. The molecular formula is C25H22N4O3S. The number of benzene rings is 3. The number of anilines is 3. The average molecular weight is 459 g/mol. The van der Waals surface area contributed by atoms with Crippen molar-refractivity contribution in [3.8, 4) is 11.8 Å². The van der Waals surface area contributed by atoms with E-state index in [1.165, 1.54) is 11.8 Å². The maximum Gasteiger partial charge on any atom is 0.323 e. The van der Waals surface area contributed by atoms with Crippen molar-refractivity contribution in [3.63, 3.8) is 0 Å². The first-order valence-electron chi connectivity index (χ1n) is 10.2. The molecule has 1 fully saturated rings. The first kappa shape index (κ1) is 22.2. The highest BCUT2D eigenvalue weighted by Crippen LogP contribution is 2.45. The van der Waals surface area contributed by atoms with Gasteiger partial charge in [-0.15, -0.1) is 11.8 Å². The number of amides is 3. The Morgan fingerprint density at radius 3 is 2.55 bits per heavy atom. The molecule has 0 saturated carbocycles. The standard InChI is InChI=1S/C25H22N4O3S/c1-16-9-10-22(32-2)21(11-16)29-23(30)15-33-24(29)18-6-4-8-20(13-18)28-25(31)27-19-7-3-5-17(12-19)14-26/h3-13,24H,15H2,1-2H3,(H2,27,28,31). The summed E-state index contributed by atoms with van der Waals surface area (Å²) in [5.74, 6) is 0.992. The van der Waals surface area contributed by atoms with Crippen LogP contribution in [0, 0.1) is 18.3 Å². The molecule has 0 spiro atoms. The number of thioether (sulfide) groups is 1. The number of nitrogens with one attached hydrogen (secondary N) is 2. The summed E-state index contributed by atoms with van der Waals surface area (Å²) in [6, 6.07) is 21.5. The predicted octanol–water partition coefficient (Wildman–Crippen LogP) is 5.30. The number of nitriles is 1. The number of methoxy groups -OCH3 is 1. The van der Waals surface area contributed by atoms with Crippen LogP contribution in [-0.4, -0.2) is 24.8 Å². The molecule has 1 saturated heterocycles. The molecule has 3 amide bonds. The van der Waals surface area contributed by atoms with Crippen LogP contribution in [0.3, 0.4) is 0 Å². The predicted molar refractivity (Wildman–Crippen MR) is 131 cm³/mol. The van der Waals surface area contributed by atoms with E-state index in [0.717, 1.165) is 16.8 Å². The van der Waals surface area contributed by atoms with Crippen molar-refractivity contribution >= 4 is 40.8 Å². The molecule has 0 radical (unpaired) electrons. The van der Waals surface area contributed by atoms with Gasteiger partial charge in [0.25, 0.3) is 0 Å². The molecule has 8 heteroatoms. The fraction of sp³-hybridized carbons (Fsp3) is 0.160. The second-order valence-corrected chi connectivity index (χ2v) is 8.57. The first-order valence-corrected chi connectivity index (χ1v) is 11.3. The van der Waals surface area contributed by atoms with Gasteiger partial charge in [0.05, 0.1) is 30.2 Å². The third-order valence-corrected chi connectivity index (χ3v) is 6.35. The highest BCUT2D eigenvalue weighted by molar-refractivity contribution is 8.00. The van der Waals surface area contributed by atoms with Gasteiger partial charge in [-0.05, 0) is 60.5 Å². The van der Waals surface area contributed by atoms with Crippen molar-refractivity contribution in [2.75, 3.05) is 28.4 Å². The maximum absolute atomic E-state index is 12.8. The molecule has 2 N–H and O–H groups in total. The summed E-state index contributed by atoms with van der Waals surface area (Å²) in [6.07, 6.45) is 0. The third-order valence-electron chi connectivity index (χ3n) is 5.14. The summed E-state index contributed by atoms with van der Waals surface area (Å²) in [5, 5.41) is 14.3. The van der Waals surface area contributed by atoms with Crippen LogP contribution in [0.1, 0.15) is 22.1 Å². The van der Waals surface area contributed by atoms with Crippen molar-refractivity contribution in [1.82, 2.24) is 0 Å². The third kappa shape index (κ3) is 4.94. The molecule has 3 aromatic carbocycles. The van der Waals surface area contributed by atoms with Gasteiger partial charge in [0.1, 0.15) is 11.1 Å². The number of ether oxygens (including phenoxy) is 1. The number of carbonyl (C=O) groups excluding carboxylic acids is 2. The Balaban J connectivity index is 1.55. The monoisotopic (exact) mass is 458 g/mol. The Morgan fingerprint density at radius 1 is 1.09 bits per heavy atom. The largest absolute Gasteiger partial charge is 0.495 e. The normalized spacial score (nSPS) is 15.1. The number of rotatable bonds is 5. The number of carbonyl (C=O) groups is 2. The van der Waals surface area contributed by atoms with Gasteiger partial charge >= 0.3 is 6.03 Å². The van der Waals surface area contributed by atoms with Gasteiger partial charge in [0, 0.05) is 11.4 Å². The lowest BCUT2D eigenvalue weighted by Gasteiger charge is -2.26. The molecule has 0 aliphatic carbocycles. The molecule has 0 aromatic heterocycles. The van der Waals surface area contributed by atoms with Gasteiger partial charge in [0.15, 0.2) is 0 Å². The van der Waals surface area contributed by atoms with Crippen LogP contribution in [0.2, 0.25) is 0 Å². The van der Waals surface area contributed by atoms with Crippen LogP contribution < -0.4 is 20.3 Å². The van der Waals surface area contributed by atoms with E-state index >= 15 is 0 Å².